The van der Waals surface area contributed by atoms with Crippen LogP contribution in [0, 0.1) is 0 Å². The number of hydrogen-bond acceptors (Lipinski definition) is 7. The summed E-state index contributed by atoms with van der Waals surface area (Å²) < 4.78 is 10.2. The summed E-state index contributed by atoms with van der Waals surface area (Å²) in [6.07, 6.45) is -0.693. The zero-order valence-corrected chi connectivity index (χ0v) is 22.5. The number of nitrogens with one attached hydrogen (secondary N) is 2. The number of carbonyl (C=O) groups excluding carboxylic acids is 4. The molecule has 0 fully saturated rings. The molecule has 2 unspecified atom stereocenters. The third kappa shape index (κ3) is 9.42. The second kappa shape index (κ2) is 14.0. The van der Waals surface area contributed by atoms with Crippen molar-refractivity contribution < 1.29 is 33.8 Å². The number of para-hydroxylation sites is 1. The predicted octanol–water partition coefficient (Wildman–Crippen LogP) is 3.10. The van der Waals surface area contributed by atoms with E-state index in [1.165, 1.54) is 24.1 Å². The highest BCUT2D eigenvalue weighted by atomic mass is 16.6. The van der Waals surface area contributed by atoms with Crippen LogP contribution in [0.2, 0.25) is 0 Å². The number of aromatic hydroxyl groups is 1. The van der Waals surface area contributed by atoms with Gasteiger partial charge in [0.15, 0.2) is 0 Å². The van der Waals surface area contributed by atoms with E-state index in [2.05, 4.69) is 10.6 Å². The van der Waals surface area contributed by atoms with Crippen LogP contribution in [0.5, 0.6) is 5.75 Å². The Morgan fingerprint density at radius 2 is 1.63 bits per heavy atom. The van der Waals surface area contributed by atoms with Gasteiger partial charge in [-0.2, -0.15) is 0 Å². The SMILES string of the molecule is CCOC(=O)CCNC(=O)C(c1ccccc1O)N(C)C(=O)C(Cc1ccccc1)NC(=O)OC(C)(C)C. The summed E-state index contributed by atoms with van der Waals surface area (Å²) in [5.74, 6) is -1.84. The summed E-state index contributed by atoms with van der Waals surface area (Å²) in [7, 11) is 1.42. The second-order valence-electron chi connectivity index (χ2n) is 9.65. The lowest BCUT2D eigenvalue weighted by Crippen LogP contribution is -2.52. The molecule has 0 aliphatic rings. The summed E-state index contributed by atoms with van der Waals surface area (Å²) in [6.45, 7) is 7.01. The van der Waals surface area contributed by atoms with Gasteiger partial charge in [-0.05, 0) is 39.3 Å². The Bertz CT molecular complexity index is 1100. The fraction of sp³-hybridized carbons (Fsp3) is 0.429. The van der Waals surface area contributed by atoms with Crippen LogP contribution in [0.25, 0.3) is 0 Å². The lowest BCUT2D eigenvalue weighted by Gasteiger charge is -2.32. The monoisotopic (exact) mass is 527 g/mol. The number of nitrogens with zero attached hydrogens (tertiary/aromatic N) is 1. The summed E-state index contributed by atoms with van der Waals surface area (Å²) in [4.78, 5) is 52.5. The van der Waals surface area contributed by atoms with Gasteiger partial charge in [0.2, 0.25) is 11.8 Å². The molecule has 3 amide bonds. The first-order valence-electron chi connectivity index (χ1n) is 12.4. The van der Waals surface area contributed by atoms with Crippen LogP contribution in [0.4, 0.5) is 4.79 Å². The zero-order chi connectivity index (χ0) is 28.3. The third-order valence-corrected chi connectivity index (χ3v) is 5.42. The van der Waals surface area contributed by atoms with Crippen LogP contribution < -0.4 is 10.6 Å². The highest BCUT2D eigenvalue weighted by Gasteiger charge is 2.35. The molecule has 10 nitrogen and oxygen atoms in total. The molecular formula is C28H37N3O7. The van der Waals surface area contributed by atoms with Crippen LogP contribution in [0.1, 0.15) is 51.3 Å². The summed E-state index contributed by atoms with van der Waals surface area (Å²) in [5.41, 5.74) is 0.189. The third-order valence-electron chi connectivity index (χ3n) is 5.42. The van der Waals surface area contributed by atoms with Crippen molar-refractivity contribution in [2.24, 2.45) is 0 Å². The van der Waals surface area contributed by atoms with E-state index in [4.69, 9.17) is 9.47 Å². The lowest BCUT2D eigenvalue weighted by molar-refractivity contribution is -0.143. The van der Waals surface area contributed by atoms with Crippen molar-refractivity contribution in [3.05, 3.63) is 65.7 Å². The average Bonchev–Trinajstić information content (AvgIpc) is 2.84. The first-order chi connectivity index (χ1) is 17.9. The molecule has 0 bridgehead atoms. The van der Waals surface area contributed by atoms with Crippen LogP contribution in [0.15, 0.2) is 54.6 Å². The summed E-state index contributed by atoms with van der Waals surface area (Å²) >= 11 is 0. The van der Waals surface area contributed by atoms with Crippen molar-refractivity contribution >= 4 is 23.9 Å². The van der Waals surface area contributed by atoms with Gasteiger partial charge in [0, 0.05) is 25.6 Å². The van der Waals surface area contributed by atoms with Gasteiger partial charge in [-0.3, -0.25) is 14.4 Å². The van der Waals surface area contributed by atoms with Gasteiger partial charge in [0.05, 0.1) is 13.0 Å². The Labute approximate surface area is 223 Å². The molecule has 2 atom stereocenters. The minimum absolute atomic E-state index is 0.0204. The van der Waals surface area contributed by atoms with Gasteiger partial charge in [-0.25, -0.2) is 4.79 Å². The van der Waals surface area contributed by atoms with Crippen molar-refractivity contribution in [3.63, 3.8) is 0 Å². The van der Waals surface area contributed by atoms with Crippen molar-refractivity contribution in [1.82, 2.24) is 15.5 Å². The highest BCUT2D eigenvalue weighted by molar-refractivity contribution is 5.92. The van der Waals surface area contributed by atoms with E-state index in [1.807, 2.05) is 30.3 Å². The molecule has 0 saturated carbocycles. The largest absolute Gasteiger partial charge is 0.508 e. The Kier molecular flexibility index (Phi) is 11.1. The maximum absolute atomic E-state index is 13.8. The van der Waals surface area contributed by atoms with Gasteiger partial charge in [-0.15, -0.1) is 0 Å². The molecule has 0 aromatic heterocycles. The van der Waals surface area contributed by atoms with E-state index >= 15 is 0 Å². The van der Waals surface area contributed by atoms with E-state index in [-0.39, 0.29) is 37.3 Å². The number of rotatable bonds is 11. The zero-order valence-electron chi connectivity index (χ0n) is 22.5. The Morgan fingerprint density at radius 1 is 1.00 bits per heavy atom. The Morgan fingerprint density at radius 3 is 2.24 bits per heavy atom. The summed E-state index contributed by atoms with van der Waals surface area (Å²) in [6, 6.07) is 13.0. The molecule has 0 aliphatic carbocycles. The molecule has 2 aromatic rings. The number of ether oxygens (including phenoxy) is 2. The van der Waals surface area contributed by atoms with E-state index in [1.54, 1.807) is 39.8 Å². The molecule has 10 heteroatoms. The van der Waals surface area contributed by atoms with Crippen LogP contribution in [-0.2, 0) is 30.3 Å². The number of amides is 3. The second-order valence-corrected chi connectivity index (χ2v) is 9.65. The number of likely N-dealkylation sites (N-methyl/N-ethyl adjacent to an activating group) is 1. The maximum atomic E-state index is 13.8. The summed E-state index contributed by atoms with van der Waals surface area (Å²) in [5, 5.41) is 15.8. The van der Waals surface area contributed by atoms with Gasteiger partial charge in [0.1, 0.15) is 23.4 Å². The van der Waals surface area contributed by atoms with Crippen molar-refractivity contribution in [1.29, 1.82) is 0 Å². The number of hydrogen-bond donors (Lipinski definition) is 3. The molecular weight excluding hydrogens is 490 g/mol. The standard InChI is InChI=1S/C28H37N3O7/c1-6-37-23(33)16-17-29-25(34)24(20-14-10-11-15-22(20)32)31(5)26(35)21(18-19-12-8-7-9-13-19)30-27(36)38-28(2,3)4/h7-15,21,24,32H,6,16-18H2,1-5H3,(H,29,34)(H,30,36). The molecule has 38 heavy (non-hydrogen) atoms. The number of phenols is 1. The number of alkyl carbamates (subject to hydrolysis) is 1. The normalized spacial score (nSPS) is 12.6. The topological polar surface area (TPSA) is 134 Å². The van der Waals surface area contributed by atoms with Crippen LogP contribution in [0.3, 0.4) is 0 Å². The fourth-order valence-corrected chi connectivity index (χ4v) is 3.73. The molecule has 3 N–H and O–H groups in total. The minimum atomic E-state index is -1.25. The Balaban J connectivity index is 2.34. The molecule has 0 radical (unpaired) electrons. The van der Waals surface area contributed by atoms with Gasteiger partial charge < -0.3 is 30.1 Å². The van der Waals surface area contributed by atoms with E-state index < -0.39 is 41.6 Å². The van der Waals surface area contributed by atoms with E-state index in [0.717, 1.165) is 5.56 Å². The van der Waals surface area contributed by atoms with Crippen LogP contribution in [-0.4, -0.2) is 65.7 Å². The average molecular weight is 528 g/mol. The lowest BCUT2D eigenvalue weighted by atomic mass is 10.0. The highest BCUT2D eigenvalue weighted by Crippen LogP contribution is 2.29. The van der Waals surface area contributed by atoms with Crippen molar-refractivity contribution in [2.45, 2.75) is 58.2 Å². The van der Waals surface area contributed by atoms with Crippen molar-refractivity contribution in [2.75, 3.05) is 20.2 Å². The molecule has 0 aliphatic heterocycles. The van der Waals surface area contributed by atoms with Gasteiger partial charge >= 0.3 is 12.1 Å². The number of esters is 1. The van der Waals surface area contributed by atoms with E-state index in [0.29, 0.717) is 0 Å². The fourth-order valence-electron chi connectivity index (χ4n) is 3.73. The Hall–Kier alpha value is -4.08. The molecule has 0 heterocycles. The van der Waals surface area contributed by atoms with E-state index in [9.17, 15) is 24.3 Å². The first-order valence-corrected chi connectivity index (χ1v) is 12.4. The number of carbonyl (C=O) groups is 4. The molecule has 206 valence electrons. The molecule has 0 saturated heterocycles. The number of benzene rings is 2. The van der Waals surface area contributed by atoms with Crippen LogP contribution >= 0.6 is 0 Å². The van der Waals surface area contributed by atoms with Gasteiger partial charge in [-0.1, -0.05) is 48.5 Å². The molecule has 2 aromatic carbocycles. The first kappa shape index (κ1) is 30.1. The quantitative estimate of drug-likeness (QED) is 0.382. The number of phenolic OH excluding ortho intramolecular Hbond substituents is 1. The van der Waals surface area contributed by atoms with Crippen molar-refractivity contribution in [3.8, 4) is 5.75 Å². The minimum Gasteiger partial charge on any atom is -0.508 e. The maximum Gasteiger partial charge on any atom is 0.408 e. The molecule has 0 spiro atoms. The molecule has 2 rings (SSSR count). The predicted molar refractivity (Wildman–Crippen MR) is 141 cm³/mol. The van der Waals surface area contributed by atoms with Gasteiger partial charge in [0.25, 0.3) is 0 Å². The smallest absolute Gasteiger partial charge is 0.408 e.